The molecule has 142 valence electrons. The number of aryl methyl sites for hydroxylation is 1. The highest BCUT2D eigenvalue weighted by atomic mass is 16.1. The third kappa shape index (κ3) is 3.26. The van der Waals surface area contributed by atoms with Crippen LogP contribution in [0, 0.1) is 0 Å². The van der Waals surface area contributed by atoms with Crippen molar-refractivity contribution < 1.29 is 4.79 Å². The molecule has 0 spiro atoms. The first-order valence-corrected chi connectivity index (χ1v) is 9.41. The van der Waals surface area contributed by atoms with E-state index in [1.54, 1.807) is 24.5 Å². The van der Waals surface area contributed by atoms with Gasteiger partial charge in [-0.05, 0) is 24.6 Å². The number of nitrogen functional groups attached to an aromatic ring is 1. The molecule has 7 nitrogen and oxygen atoms in total. The molecular weight excluding hydrogens is 352 g/mol. The van der Waals surface area contributed by atoms with Gasteiger partial charge in [-0.25, -0.2) is 4.98 Å². The van der Waals surface area contributed by atoms with Crippen LogP contribution in [-0.2, 0) is 13.0 Å². The number of pyridine rings is 2. The fourth-order valence-corrected chi connectivity index (χ4v) is 3.47. The first-order chi connectivity index (χ1) is 13.7. The number of nitrogens with two attached hydrogens (primary N) is 1. The van der Waals surface area contributed by atoms with Crippen LogP contribution in [0.4, 0.5) is 5.82 Å². The molecule has 4 aromatic rings. The number of para-hydroxylation sites is 1. The zero-order valence-corrected chi connectivity index (χ0v) is 15.7. The van der Waals surface area contributed by atoms with Crippen LogP contribution in [0.25, 0.3) is 21.8 Å². The Morgan fingerprint density at radius 1 is 1.21 bits per heavy atom. The van der Waals surface area contributed by atoms with E-state index in [-0.39, 0.29) is 5.91 Å². The summed E-state index contributed by atoms with van der Waals surface area (Å²) in [7, 11) is 0. The summed E-state index contributed by atoms with van der Waals surface area (Å²) in [5.41, 5.74) is 9.38. The van der Waals surface area contributed by atoms with Crippen molar-refractivity contribution >= 4 is 33.5 Å². The van der Waals surface area contributed by atoms with Crippen LogP contribution in [0.15, 0.2) is 48.8 Å². The van der Waals surface area contributed by atoms with Gasteiger partial charge in [0.1, 0.15) is 5.52 Å². The summed E-state index contributed by atoms with van der Waals surface area (Å²) in [5.74, 6) is 0.300. The third-order valence-electron chi connectivity index (χ3n) is 4.72. The minimum Gasteiger partial charge on any atom is -0.382 e. The number of nitrogens with one attached hydrogen (secondary N) is 1. The zero-order chi connectivity index (χ0) is 19.5. The second kappa shape index (κ2) is 7.64. The molecule has 0 saturated carbocycles. The van der Waals surface area contributed by atoms with E-state index in [0.29, 0.717) is 24.3 Å². The van der Waals surface area contributed by atoms with E-state index < -0.39 is 0 Å². The summed E-state index contributed by atoms with van der Waals surface area (Å²) in [5, 5.41) is 9.73. The smallest absolute Gasteiger partial charge is 0.252 e. The van der Waals surface area contributed by atoms with Crippen molar-refractivity contribution in [3.05, 3.63) is 60.0 Å². The van der Waals surface area contributed by atoms with Crippen LogP contribution in [0.3, 0.4) is 0 Å². The molecule has 0 fully saturated rings. The summed E-state index contributed by atoms with van der Waals surface area (Å²) in [6.45, 7) is 3.39. The Bertz CT molecular complexity index is 1140. The summed E-state index contributed by atoms with van der Waals surface area (Å²) in [6.07, 6.45) is 4.81. The van der Waals surface area contributed by atoms with Gasteiger partial charge in [0, 0.05) is 48.4 Å². The van der Waals surface area contributed by atoms with E-state index in [1.807, 2.05) is 28.9 Å². The minimum atomic E-state index is -0.134. The first-order valence-electron chi connectivity index (χ1n) is 9.41. The van der Waals surface area contributed by atoms with Crippen LogP contribution in [0.2, 0.25) is 0 Å². The van der Waals surface area contributed by atoms with Crippen molar-refractivity contribution in [3.63, 3.8) is 0 Å². The van der Waals surface area contributed by atoms with Crippen molar-refractivity contribution in [2.75, 3.05) is 12.3 Å². The van der Waals surface area contributed by atoms with Gasteiger partial charge in [0.15, 0.2) is 5.82 Å². The van der Waals surface area contributed by atoms with Crippen LogP contribution in [0.5, 0.6) is 0 Å². The minimum absolute atomic E-state index is 0.134. The molecule has 28 heavy (non-hydrogen) atoms. The molecule has 0 unspecified atom stereocenters. The molecule has 0 atom stereocenters. The van der Waals surface area contributed by atoms with E-state index in [2.05, 4.69) is 22.2 Å². The second-order valence-electron chi connectivity index (χ2n) is 6.66. The van der Waals surface area contributed by atoms with E-state index in [0.717, 1.165) is 40.5 Å². The van der Waals surface area contributed by atoms with Gasteiger partial charge in [-0.15, -0.1) is 0 Å². The highest BCUT2D eigenvalue weighted by Crippen LogP contribution is 2.30. The largest absolute Gasteiger partial charge is 0.382 e. The van der Waals surface area contributed by atoms with E-state index in [9.17, 15) is 4.79 Å². The molecule has 0 bridgehead atoms. The molecule has 0 aliphatic heterocycles. The average molecular weight is 374 g/mol. The lowest BCUT2D eigenvalue weighted by Gasteiger charge is -2.09. The highest BCUT2D eigenvalue weighted by Gasteiger charge is 2.17. The Balaban J connectivity index is 1.68. The van der Waals surface area contributed by atoms with Crippen LogP contribution < -0.4 is 11.1 Å². The Labute approximate surface area is 162 Å². The molecule has 7 heteroatoms. The van der Waals surface area contributed by atoms with Crippen molar-refractivity contribution in [2.45, 2.75) is 26.3 Å². The number of fused-ring (bicyclic) bond motifs is 3. The number of nitrogens with zero attached hydrogens (tertiary/aromatic N) is 4. The number of rotatable bonds is 6. The van der Waals surface area contributed by atoms with Crippen LogP contribution in [-0.4, -0.2) is 32.2 Å². The summed E-state index contributed by atoms with van der Waals surface area (Å²) in [4.78, 5) is 20.8. The van der Waals surface area contributed by atoms with Gasteiger partial charge in [0.05, 0.1) is 11.1 Å². The van der Waals surface area contributed by atoms with Gasteiger partial charge < -0.3 is 11.1 Å². The molecule has 1 aromatic carbocycles. The first kappa shape index (κ1) is 17.9. The molecule has 3 N–H and O–H groups in total. The Hall–Kier alpha value is -3.48. The normalized spacial score (nSPS) is 11.2. The molecule has 3 heterocycles. The number of carbonyl (C=O) groups excluding carboxylic acids is 1. The fourth-order valence-electron chi connectivity index (χ4n) is 3.47. The van der Waals surface area contributed by atoms with Crippen LogP contribution >= 0.6 is 0 Å². The summed E-state index contributed by atoms with van der Waals surface area (Å²) >= 11 is 0. The molecule has 4 rings (SSSR count). The lowest BCUT2D eigenvalue weighted by Crippen LogP contribution is -2.26. The van der Waals surface area contributed by atoms with Gasteiger partial charge in [0.2, 0.25) is 0 Å². The molecule has 0 saturated heterocycles. The van der Waals surface area contributed by atoms with Gasteiger partial charge in [-0.3, -0.25) is 14.5 Å². The molecule has 1 amide bonds. The lowest BCUT2D eigenvalue weighted by atomic mass is 10.1. The van der Waals surface area contributed by atoms with Gasteiger partial charge in [0.25, 0.3) is 5.91 Å². The number of anilines is 1. The highest BCUT2D eigenvalue weighted by molar-refractivity contribution is 6.09. The number of carbonyl (C=O) groups is 1. The number of hydrogen-bond acceptors (Lipinski definition) is 5. The number of aromatic nitrogens is 4. The third-order valence-corrected chi connectivity index (χ3v) is 4.72. The molecule has 0 aliphatic carbocycles. The predicted molar refractivity (Wildman–Crippen MR) is 110 cm³/mol. The maximum Gasteiger partial charge on any atom is 0.252 e. The topological polar surface area (TPSA) is 98.7 Å². The summed E-state index contributed by atoms with van der Waals surface area (Å²) < 4.78 is 1.99. The Kier molecular flexibility index (Phi) is 4.89. The Morgan fingerprint density at radius 2 is 2.07 bits per heavy atom. The summed E-state index contributed by atoms with van der Waals surface area (Å²) in [6, 6.07) is 11.4. The zero-order valence-electron chi connectivity index (χ0n) is 15.7. The molecule has 0 aliphatic rings. The van der Waals surface area contributed by atoms with Crippen molar-refractivity contribution in [3.8, 4) is 0 Å². The molecule has 0 radical (unpaired) electrons. The maximum absolute atomic E-state index is 12.3. The second-order valence-corrected chi connectivity index (χ2v) is 6.66. The number of benzene rings is 1. The molecular formula is C21H22N6O. The predicted octanol–water partition coefficient (Wildman–Crippen LogP) is 2.94. The monoisotopic (exact) mass is 374 g/mol. The van der Waals surface area contributed by atoms with E-state index >= 15 is 0 Å². The number of hydrogen-bond donors (Lipinski definition) is 2. The SMILES string of the molecule is CCCn1nc2c(N)nc3ccccc3c2c1CCNC(=O)c1cccnc1. The number of amides is 1. The van der Waals surface area contributed by atoms with Crippen molar-refractivity contribution in [2.24, 2.45) is 0 Å². The van der Waals surface area contributed by atoms with Crippen molar-refractivity contribution in [1.82, 2.24) is 25.1 Å². The quantitative estimate of drug-likeness (QED) is 0.541. The van der Waals surface area contributed by atoms with E-state index in [4.69, 9.17) is 10.8 Å². The lowest BCUT2D eigenvalue weighted by molar-refractivity contribution is 0.0953. The standard InChI is InChI=1S/C21H22N6O/c1-2-12-27-17(9-11-24-21(28)14-6-5-10-23-13-14)18-15-7-3-4-8-16(15)25-20(22)19(18)26-27/h3-8,10,13H,2,9,11-12H2,1H3,(H2,22,25)(H,24,28). The Morgan fingerprint density at radius 3 is 2.86 bits per heavy atom. The van der Waals surface area contributed by atoms with Gasteiger partial charge in [-0.1, -0.05) is 25.1 Å². The molecule has 3 aromatic heterocycles. The fraction of sp³-hybridized carbons (Fsp3) is 0.238. The van der Waals surface area contributed by atoms with Gasteiger partial charge in [-0.2, -0.15) is 5.10 Å². The van der Waals surface area contributed by atoms with E-state index in [1.165, 1.54) is 0 Å². The van der Waals surface area contributed by atoms with Crippen molar-refractivity contribution in [1.29, 1.82) is 0 Å². The van der Waals surface area contributed by atoms with Gasteiger partial charge >= 0.3 is 0 Å². The average Bonchev–Trinajstić information content (AvgIpc) is 3.08. The maximum atomic E-state index is 12.3. The van der Waals surface area contributed by atoms with Crippen LogP contribution in [0.1, 0.15) is 29.4 Å².